The van der Waals surface area contributed by atoms with Crippen LogP contribution in [0.5, 0.6) is 0 Å². The molecule has 1 amide bonds. The normalized spacial score (nSPS) is 18.6. The molecule has 0 bridgehead atoms. The molecule has 1 saturated carbocycles. The van der Waals surface area contributed by atoms with E-state index in [1.807, 2.05) is 30.3 Å². The van der Waals surface area contributed by atoms with E-state index in [9.17, 15) is 4.79 Å². The zero-order valence-corrected chi connectivity index (χ0v) is 13.5. The molecule has 0 aromatic heterocycles. The van der Waals surface area contributed by atoms with E-state index in [1.54, 1.807) is 0 Å². The first kappa shape index (κ1) is 17.0. The van der Waals surface area contributed by atoms with Crippen LogP contribution in [-0.2, 0) is 9.53 Å². The molecule has 0 saturated heterocycles. The molecule has 4 heteroatoms. The Labute approximate surface area is 133 Å². The Bertz CT molecular complexity index is 455. The molecular formula is C18H28N2O2. The van der Waals surface area contributed by atoms with Crippen molar-refractivity contribution in [3.8, 4) is 0 Å². The number of ether oxygens (including phenoxy) is 1. The largest absolute Gasteiger partial charge is 0.373 e. The van der Waals surface area contributed by atoms with Gasteiger partial charge in [0.1, 0.15) is 6.04 Å². The van der Waals surface area contributed by atoms with Crippen LogP contribution in [0.3, 0.4) is 0 Å². The Morgan fingerprint density at radius 1 is 1.27 bits per heavy atom. The van der Waals surface area contributed by atoms with Crippen LogP contribution < -0.4 is 11.1 Å². The van der Waals surface area contributed by atoms with Gasteiger partial charge >= 0.3 is 0 Å². The molecule has 1 aliphatic carbocycles. The monoisotopic (exact) mass is 304 g/mol. The Hall–Kier alpha value is -1.39. The molecular weight excluding hydrogens is 276 g/mol. The van der Waals surface area contributed by atoms with Crippen LogP contribution in [0, 0.1) is 0 Å². The van der Waals surface area contributed by atoms with E-state index in [-0.39, 0.29) is 11.5 Å². The van der Waals surface area contributed by atoms with Gasteiger partial charge in [0, 0.05) is 13.2 Å². The first-order valence-electron chi connectivity index (χ1n) is 8.39. The van der Waals surface area contributed by atoms with Gasteiger partial charge in [0.2, 0.25) is 5.91 Å². The maximum Gasteiger partial charge on any atom is 0.241 e. The van der Waals surface area contributed by atoms with Crippen LogP contribution in [-0.4, -0.2) is 24.7 Å². The predicted octanol–water partition coefficient (Wildman–Crippen LogP) is 2.93. The lowest BCUT2D eigenvalue weighted by molar-refractivity contribution is -0.125. The van der Waals surface area contributed by atoms with Gasteiger partial charge in [-0.2, -0.15) is 0 Å². The maximum absolute atomic E-state index is 12.3. The van der Waals surface area contributed by atoms with Crippen LogP contribution in [0.25, 0.3) is 0 Å². The third-order valence-corrected chi connectivity index (χ3v) is 4.40. The summed E-state index contributed by atoms with van der Waals surface area (Å²) in [5.74, 6) is -0.128. The number of hydrogen-bond acceptors (Lipinski definition) is 3. The average Bonchev–Trinajstić information content (AvgIpc) is 2.59. The molecule has 3 N–H and O–H groups in total. The minimum atomic E-state index is -0.618. The van der Waals surface area contributed by atoms with Crippen LogP contribution in [0.4, 0.5) is 0 Å². The van der Waals surface area contributed by atoms with E-state index < -0.39 is 6.04 Å². The van der Waals surface area contributed by atoms with Gasteiger partial charge in [0.05, 0.1) is 5.60 Å². The number of nitrogens with two attached hydrogens (primary N) is 1. The highest BCUT2D eigenvalue weighted by Gasteiger charge is 2.33. The Balaban J connectivity index is 1.92. The lowest BCUT2D eigenvalue weighted by Crippen LogP contribution is -2.48. The molecule has 122 valence electrons. The van der Waals surface area contributed by atoms with Gasteiger partial charge in [-0.1, -0.05) is 56.5 Å². The number of rotatable bonds is 7. The summed E-state index contributed by atoms with van der Waals surface area (Å²) in [6, 6.07) is 8.87. The molecule has 1 atom stereocenters. The van der Waals surface area contributed by atoms with Crippen molar-refractivity contribution in [2.75, 3.05) is 13.2 Å². The molecule has 1 unspecified atom stereocenters. The third kappa shape index (κ3) is 4.55. The number of benzene rings is 1. The quantitative estimate of drug-likeness (QED) is 0.814. The fourth-order valence-electron chi connectivity index (χ4n) is 3.06. The van der Waals surface area contributed by atoms with Crippen LogP contribution >= 0.6 is 0 Å². The lowest BCUT2D eigenvalue weighted by Gasteiger charge is -2.37. The van der Waals surface area contributed by atoms with Gasteiger partial charge in [-0.15, -0.1) is 0 Å². The number of nitrogens with one attached hydrogen (secondary N) is 1. The average molecular weight is 304 g/mol. The number of carbonyl (C=O) groups is 1. The van der Waals surface area contributed by atoms with Crippen LogP contribution in [0.1, 0.15) is 57.1 Å². The fraction of sp³-hybridized carbons (Fsp3) is 0.611. The minimum Gasteiger partial charge on any atom is -0.373 e. The molecule has 0 radical (unpaired) electrons. The molecule has 2 rings (SSSR count). The summed E-state index contributed by atoms with van der Waals surface area (Å²) < 4.78 is 6.10. The number of hydrogen-bond donors (Lipinski definition) is 2. The Morgan fingerprint density at radius 3 is 2.59 bits per heavy atom. The standard InChI is InChI=1S/C18H28N2O2/c1-2-13-22-18(11-7-4-8-12-18)14-20-17(21)16(19)15-9-5-3-6-10-15/h3,5-6,9-10,16H,2,4,7-8,11-14,19H2,1H3,(H,20,21). The summed E-state index contributed by atoms with van der Waals surface area (Å²) in [7, 11) is 0. The van der Waals surface area contributed by atoms with Gasteiger partial charge in [-0.3, -0.25) is 4.79 Å². The van der Waals surface area contributed by atoms with Gasteiger partial charge in [-0.25, -0.2) is 0 Å². The van der Waals surface area contributed by atoms with E-state index in [0.717, 1.165) is 31.4 Å². The van der Waals surface area contributed by atoms with Crippen molar-refractivity contribution in [2.45, 2.75) is 57.1 Å². The van der Waals surface area contributed by atoms with Crippen molar-refractivity contribution in [2.24, 2.45) is 5.73 Å². The van der Waals surface area contributed by atoms with E-state index in [0.29, 0.717) is 6.54 Å². The Morgan fingerprint density at radius 2 is 1.95 bits per heavy atom. The summed E-state index contributed by atoms with van der Waals surface area (Å²) >= 11 is 0. The zero-order chi connectivity index (χ0) is 15.8. The number of amides is 1. The fourth-order valence-corrected chi connectivity index (χ4v) is 3.06. The SMILES string of the molecule is CCCOC1(CNC(=O)C(N)c2ccccc2)CCCCC1. The highest BCUT2D eigenvalue weighted by Crippen LogP contribution is 2.31. The minimum absolute atomic E-state index is 0.128. The zero-order valence-electron chi connectivity index (χ0n) is 13.5. The summed E-state index contributed by atoms with van der Waals surface area (Å²) in [6.45, 7) is 3.42. The van der Waals surface area contributed by atoms with Gasteiger partial charge in [0.25, 0.3) is 0 Å². The molecule has 1 aromatic rings. The summed E-state index contributed by atoms with van der Waals surface area (Å²) in [5, 5.41) is 3.01. The lowest BCUT2D eigenvalue weighted by atomic mass is 9.84. The molecule has 1 fully saturated rings. The molecule has 22 heavy (non-hydrogen) atoms. The Kier molecular flexibility index (Phi) is 6.40. The maximum atomic E-state index is 12.3. The van der Waals surface area contributed by atoms with E-state index >= 15 is 0 Å². The molecule has 4 nitrogen and oxygen atoms in total. The summed E-state index contributed by atoms with van der Waals surface area (Å²) in [6.07, 6.45) is 6.64. The second-order valence-electron chi connectivity index (χ2n) is 6.20. The molecule has 1 aromatic carbocycles. The highest BCUT2D eigenvalue weighted by molar-refractivity contribution is 5.82. The predicted molar refractivity (Wildman–Crippen MR) is 88.4 cm³/mol. The second kappa shape index (κ2) is 8.30. The van der Waals surface area contributed by atoms with Crippen LogP contribution in [0.2, 0.25) is 0 Å². The van der Waals surface area contributed by atoms with Crippen molar-refractivity contribution < 1.29 is 9.53 Å². The van der Waals surface area contributed by atoms with Crippen molar-refractivity contribution >= 4 is 5.91 Å². The van der Waals surface area contributed by atoms with Gasteiger partial charge in [-0.05, 0) is 24.8 Å². The number of carbonyl (C=O) groups excluding carboxylic acids is 1. The van der Waals surface area contributed by atoms with Gasteiger partial charge < -0.3 is 15.8 Å². The molecule has 0 spiro atoms. The first-order chi connectivity index (χ1) is 10.7. The van der Waals surface area contributed by atoms with Crippen molar-refractivity contribution in [1.82, 2.24) is 5.32 Å². The summed E-state index contributed by atoms with van der Waals surface area (Å²) in [5.41, 5.74) is 6.69. The highest BCUT2D eigenvalue weighted by atomic mass is 16.5. The van der Waals surface area contributed by atoms with Crippen molar-refractivity contribution in [3.05, 3.63) is 35.9 Å². The van der Waals surface area contributed by atoms with E-state index in [2.05, 4.69) is 12.2 Å². The van der Waals surface area contributed by atoms with Crippen LogP contribution in [0.15, 0.2) is 30.3 Å². The van der Waals surface area contributed by atoms with E-state index in [4.69, 9.17) is 10.5 Å². The molecule has 0 aliphatic heterocycles. The van der Waals surface area contributed by atoms with E-state index in [1.165, 1.54) is 19.3 Å². The van der Waals surface area contributed by atoms with Crippen molar-refractivity contribution in [1.29, 1.82) is 0 Å². The van der Waals surface area contributed by atoms with Gasteiger partial charge in [0.15, 0.2) is 0 Å². The molecule has 0 heterocycles. The molecule has 1 aliphatic rings. The summed E-state index contributed by atoms with van der Waals surface area (Å²) in [4.78, 5) is 12.3. The van der Waals surface area contributed by atoms with Crippen molar-refractivity contribution in [3.63, 3.8) is 0 Å². The first-order valence-corrected chi connectivity index (χ1v) is 8.39. The second-order valence-corrected chi connectivity index (χ2v) is 6.20. The smallest absolute Gasteiger partial charge is 0.241 e. The topological polar surface area (TPSA) is 64.3 Å². The third-order valence-electron chi connectivity index (χ3n) is 4.40.